The number of β-lactam (4-membered cyclic amide) rings is 1. The van der Waals surface area contributed by atoms with Crippen LogP contribution in [0.4, 0.5) is 19.2 Å². The van der Waals surface area contributed by atoms with Crippen LogP contribution in [0.15, 0.2) is 96.0 Å². The quantitative estimate of drug-likeness (QED) is 0.0379. The molecule has 0 saturated carbocycles. The zero-order valence-corrected chi connectivity index (χ0v) is 36.0. The number of likely N-dealkylation sites (tertiary alicyclic amines) is 1. The van der Waals surface area contributed by atoms with Crippen molar-refractivity contribution in [2.45, 2.75) is 105 Å². The predicted molar refractivity (Wildman–Crippen MR) is 227 cm³/mol. The van der Waals surface area contributed by atoms with Crippen LogP contribution in [0.25, 0.3) is 0 Å². The van der Waals surface area contributed by atoms with Crippen LogP contribution in [-0.4, -0.2) is 100 Å². The summed E-state index contributed by atoms with van der Waals surface area (Å²) in [4.78, 5) is 88.5. The SMILES string of the molecule is CC(C)N(CCN(C(=O)N1C(=O)[C@H](CCCN=C(NC(=O)OCc2ccccc2)NC(=O)OCc2ccccc2)C1C(=O)OCc1ccccc1)C(C)C)C(=O)OC(C)(C)C. The molecule has 0 spiro atoms. The number of rotatable bonds is 16. The molecule has 3 aromatic carbocycles. The van der Waals surface area contributed by atoms with E-state index in [0.717, 1.165) is 21.6 Å². The first kappa shape index (κ1) is 47.2. The number of carbonyl (C=O) groups excluding carboxylic acids is 6. The van der Waals surface area contributed by atoms with Crippen molar-refractivity contribution in [1.29, 1.82) is 0 Å². The lowest BCUT2D eigenvalue weighted by Gasteiger charge is -2.46. The molecule has 2 atom stereocenters. The van der Waals surface area contributed by atoms with E-state index in [1.165, 1.54) is 9.80 Å². The lowest BCUT2D eigenvalue weighted by Crippen LogP contribution is -2.69. The van der Waals surface area contributed by atoms with Gasteiger partial charge in [-0.2, -0.15) is 0 Å². The number of guanidine groups is 1. The van der Waals surface area contributed by atoms with E-state index >= 15 is 0 Å². The van der Waals surface area contributed by atoms with Crippen LogP contribution in [0.1, 0.15) is 78.0 Å². The summed E-state index contributed by atoms with van der Waals surface area (Å²) >= 11 is 0. The number of ether oxygens (including phenoxy) is 4. The zero-order valence-electron chi connectivity index (χ0n) is 36.0. The number of alkyl carbamates (subject to hydrolysis) is 2. The number of benzene rings is 3. The molecule has 328 valence electrons. The number of aliphatic imine (C=N–C) groups is 1. The zero-order chi connectivity index (χ0) is 44.5. The predicted octanol–water partition coefficient (Wildman–Crippen LogP) is 7.02. The second-order valence-electron chi connectivity index (χ2n) is 15.9. The summed E-state index contributed by atoms with van der Waals surface area (Å²) in [5.74, 6) is -2.50. The summed E-state index contributed by atoms with van der Waals surface area (Å²) in [6, 6.07) is 24.5. The Kier molecular flexibility index (Phi) is 17.6. The molecule has 3 aromatic rings. The van der Waals surface area contributed by atoms with Crippen molar-refractivity contribution >= 4 is 42.1 Å². The molecule has 1 aliphatic heterocycles. The van der Waals surface area contributed by atoms with E-state index in [1.54, 1.807) is 107 Å². The second kappa shape index (κ2) is 22.8. The average Bonchev–Trinajstić information content (AvgIpc) is 3.21. The fraction of sp³-hybridized carbons (Fsp3) is 0.444. The third-order valence-corrected chi connectivity index (χ3v) is 9.40. The summed E-state index contributed by atoms with van der Waals surface area (Å²) < 4.78 is 21.9. The molecule has 6 amide bonds. The van der Waals surface area contributed by atoms with Crippen LogP contribution >= 0.6 is 0 Å². The Hall–Kier alpha value is -6.45. The van der Waals surface area contributed by atoms with E-state index in [-0.39, 0.29) is 64.3 Å². The molecule has 61 heavy (non-hydrogen) atoms. The van der Waals surface area contributed by atoms with E-state index < -0.39 is 59.8 Å². The third kappa shape index (κ3) is 15.0. The first-order valence-corrected chi connectivity index (χ1v) is 20.4. The van der Waals surface area contributed by atoms with Gasteiger partial charge in [0.15, 0.2) is 6.04 Å². The van der Waals surface area contributed by atoms with Gasteiger partial charge in [0.1, 0.15) is 25.4 Å². The maximum absolute atomic E-state index is 14.2. The van der Waals surface area contributed by atoms with Crippen LogP contribution in [0, 0.1) is 5.92 Å². The van der Waals surface area contributed by atoms with E-state index in [9.17, 15) is 28.8 Å². The van der Waals surface area contributed by atoms with Gasteiger partial charge < -0.3 is 28.7 Å². The number of carbonyl (C=O) groups is 6. The van der Waals surface area contributed by atoms with Gasteiger partial charge in [0.25, 0.3) is 0 Å². The average molecular weight is 843 g/mol. The number of amides is 6. The van der Waals surface area contributed by atoms with Crippen molar-refractivity contribution in [3.05, 3.63) is 108 Å². The summed E-state index contributed by atoms with van der Waals surface area (Å²) in [5, 5.41) is 4.87. The standard InChI is InChI=1S/C45H58N6O10/c1-31(2)49(26-27-50(32(3)4)44(57)61-45(5,6)7)43(56)51-37(39(53)58-28-33-18-11-8-12-19-33)36(38(51)52)24-17-25-46-40(47-41(54)59-29-34-20-13-9-14-21-34)48-42(55)60-30-35-22-15-10-16-23-35/h8-16,18-23,31-32,36-37H,17,24-30H2,1-7H3,(H2,46,47,48,54,55)/t36-,37?/m1/s1. The fourth-order valence-electron chi connectivity index (χ4n) is 6.26. The molecule has 0 bridgehead atoms. The molecular weight excluding hydrogens is 785 g/mol. The monoisotopic (exact) mass is 842 g/mol. The van der Waals surface area contributed by atoms with E-state index in [4.69, 9.17) is 18.9 Å². The Morgan fingerprint density at radius 1 is 0.689 bits per heavy atom. The highest BCUT2D eigenvalue weighted by molar-refractivity contribution is 6.08. The van der Waals surface area contributed by atoms with Crippen LogP contribution < -0.4 is 10.6 Å². The van der Waals surface area contributed by atoms with Crippen LogP contribution in [0.3, 0.4) is 0 Å². The van der Waals surface area contributed by atoms with Gasteiger partial charge in [-0.3, -0.25) is 20.4 Å². The maximum Gasteiger partial charge on any atom is 0.414 e. The first-order valence-electron chi connectivity index (χ1n) is 20.4. The van der Waals surface area contributed by atoms with Gasteiger partial charge in [-0.25, -0.2) is 28.9 Å². The fourth-order valence-corrected chi connectivity index (χ4v) is 6.26. The number of esters is 1. The van der Waals surface area contributed by atoms with Crippen LogP contribution in [0.2, 0.25) is 0 Å². The van der Waals surface area contributed by atoms with Gasteiger partial charge in [-0.1, -0.05) is 91.0 Å². The molecule has 1 heterocycles. The van der Waals surface area contributed by atoms with Crippen LogP contribution in [-0.2, 0) is 48.4 Å². The molecule has 1 saturated heterocycles. The van der Waals surface area contributed by atoms with E-state index in [1.807, 2.05) is 32.0 Å². The maximum atomic E-state index is 14.2. The summed E-state index contributed by atoms with van der Waals surface area (Å²) in [6.07, 6.45) is -1.98. The molecular formula is C45H58N6O10. The minimum absolute atomic E-state index is 0.00933. The molecule has 0 aliphatic carbocycles. The Bertz CT molecular complexity index is 1890. The molecule has 16 nitrogen and oxygen atoms in total. The van der Waals surface area contributed by atoms with Crippen molar-refractivity contribution in [1.82, 2.24) is 25.3 Å². The smallest absolute Gasteiger partial charge is 0.414 e. The molecule has 1 unspecified atom stereocenters. The summed E-state index contributed by atoms with van der Waals surface area (Å²) in [6.45, 7) is 12.6. The van der Waals surface area contributed by atoms with E-state index in [2.05, 4.69) is 15.6 Å². The van der Waals surface area contributed by atoms with Gasteiger partial charge in [-0.05, 0) is 78.0 Å². The largest absolute Gasteiger partial charge is 0.459 e. The topological polar surface area (TPSA) is 185 Å². The number of urea groups is 1. The Morgan fingerprint density at radius 3 is 1.57 bits per heavy atom. The number of nitrogens with one attached hydrogen (secondary N) is 2. The minimum atomic E-state index is -1.24. The van der Waals surface area contributed by atoms with Crippen LogP contribution in [0.5, 0.6) is 0 Å². The van der Waals surface area contributed by atoms with Gasteiger partial charge in [0, 0.05) is 31.7 Å². The van der Waals surface area contributed by atoms with Crippen molar-refractivity contribution in [3.63, 3.8) is 0 Å². The van der Waals surface area contributed by atoms with Crippen molar-refractivity contribution in [2.75, 3.05) is 19.6 Å². The van der Waals surface area contributed by atoms with Crippen molar-refractivity contribution < 1.29 is 47.7 Å². The molecule has 16 heteroatoms. The Balaban J connectivity index is 1.47. The first-order chi connectivity index (χ1) is 29.0. The highest BCUT2D eigenvalue weighted by Crippen LogP contribution is 2.33. The third-order valence-electron chi connectivity index (χ3n) is 9.40. The molecule has 4 rings (SSSR count). The lowest BCUT2D eigenvalue weighted by atomic mass is 9.83. The summed E-state index contributed by atoms with van der Waals surface area (Å²) in [7, 11) is 0. The minimum Gasteiger partial charge on any atom is -0.459 e. The second-order valence-corrected chi connectivity index (χ2v) is 15.9. The molecule has 1 fully saturated rings. The van der Waals surface area contributed by atoms with E-state index in [0.29, 0.717) is 0 Å². The Morgan fingerprint density at radius 2 is 1.13 bits per heavy atom. The molecule has 1 aliphatic rings. The van der Waals surface area contributed by atoms with Gasteiger partial charge in [0.05, 0.1) is 5.92 Å². The molecule has 0 radical (unpaired) electrons. The van der Waals surface area contributed by atoms with Gasteiger partial charge in [0.2, 0.25) is 11.9 Å². The number of hydrogen-bond donors (Lipinski definition) is 2. The Labute approximate surface area is 357 Å². The van der Waals surface area contributed by atoms with Gasteiger partial charge >= 0.3 is 30.3 Å². The number of imide groups is 1. The van der Waals surface area contributed by atoms with Crippen molar-refractivity contribution in [2.24, 2.45) is 10.9 Å². The number of hydrogen-bond acceptors (Lipinski definition) is 11. The normalized spacial score (nSPS) is 14.6. The highest BCUT2D eigenvalue weighted by Gasteiger charge is 2.56. The lowest BCUT2D eigenvalue weighted by molar-refractivity contribution is -0.171. The molecule has 0 aromatic heterocycles. The van der Waals surface area contributed by atoms with Crippen molar-refractivity contribution in [3.8, 4) is 0 Å². The highest BCUT2D eigenvalue weighted by atomic mass is 16.6. The molecule has 2 N–H and O–H groups in total. The number of nitrogens with zero attached hydrogens (tertiary/aromatic N) is 4. The van der Waals surface area contributed by atoms with Gasteiger partial charge in [-0.15, -0.1) is 0 Å². The summed E-state index contributed by atoms with van der Waals surface area (Å²) in [5.41, 5.74) is 1.49.